The van der Waals surface area contributed by atoms with Gasteiger partial charge in [-0.25, -0.2) is 0 Å². The van der Waals surface area contributed by atoms with Gasteiger partial charge in [0.1, 0.15) is 0 Å². The van der Waals surface area contributed by atoms with Crippen LogP contribution in [0, 0.1) is 0 Å². The monoisotopic (exact) mass is 265 g/mol. The molecule has 1 aromatic carbocycles. The van der Waals surface area contributed by atoms with Gasteiger partial charge in [-0.15, -0.1) is 0 Å². The molecular formula is C16H27NO2. The smallest absolute Gasteiger partial charge is 0.161 e. The highest BCUT2D eigenvalue weighted by molar-refractivity contribution is 5.43. The van der Waals surface area contributed by atoms with E-state index in [0.29, 0.717) is 0 Å². The Hall–Kier alpha value is -1.22. The minimum atomic E-state index is 0.115. The van der Waals surface area contributed by atoms with E-state index >= 15 is 0 Å². The van der Waals surface area contributed by atoms with Gasteiger partial charge in [0.05, 0.1) is 13.7 Å². The van der Waals surface area contributed by atoms with Crippen LogP contribution in [0.25, 0.3) is 0 Å². The molecule has 0 unspecified atom stereocenters. The summed E-state index contributed by atoms with van der Waals surface area (Å²) in [5.41, 5.74) is 1.32. The van der Waals surface area contributed by atoms with Crippen LogP contribution in [-0.2, 0) is 6.54 Å². The first kappa shape index (κ1) is 15.8. The van der Waals surface area contributed by atoms with Crippen LogP contribution in [0.3, 0.4) is 0 Å². The van der Waals surface area contributed by atoms with E-state index in [9.17, 15) is 0 Å². The van der Waals surface area contributed by atoms with Gasteiger partial charge in [0.15, 0.2) is 11.5 Å². The Balaban J connectivity index is 2.67. The van der Waals surface area contributed by atoms with Crippen LogP contribution in [0.5, 0.6) is 11.5 Å². The van der Waals surface area contributed by atoms with E-state index in [4.69, 9.17) is 9.47 Å². The summed E-state index contributed by atoms with van der Waals surface area (Å²) in [7, 11) is 1.68. The fourth-order valence-electron chi connectivity index (χ4n) is 1.63. The zero-order valence-corrected chi connectivity index (χ0v) is 12.9. The van der Waals surface area contributed by atoms with Gasteiger partial charge in [-0.05, 0) is 44.9 Å². The van der Waals surface area contributed by atoms with Gasteiger partial charge in [0.2, 0.25) is 0 Å². The zero-order valence-electron chi connectivity index (χ0n) is 12.9. The number of hydrogen-bond donors (Lipinski definition) is 1. The van der Waals surface area contributed by atoms with E-state index in [2.05, 4.69) is 39.1 Å². The molecule has 0 bridgehead atoms. The van der Waals surface area contributed by atoms with Crippen molar-refractivity contribution < 1.29 is 9.47 Å². The van der Waals surface area contributed by atoms with Gasteiger partial charge in [0, 0.05) is 12.1 Å². The maximum absolute atomic E-state index is 5.72. The molecule has 0 radical (unpaired) electrons. The normalized spacial score (nSPS) is 11.4. The Morgan fingerprint density at radius 3 is 2.47 bits per heavy atom. The van der Waals surface area contributed by atoms with E-state index in [0.717, 1.165) is 37.5 Å². The fourth-order valence-corrected chi connectivity index (χ4v) is 1.63. The number of hydrogen-bond acceptors (Lipinski definition) is 3. The largest absolute Gasteiger partial charge is 0.493 e. The van der Waals surface area contributed by atoms with Gasteiger partial charge in [-0.2, -0.15) is 0 Å². The molecule has 1 N–H and O–H groups in total. The molecule has 0 fully saturated rings. The number of rotatable bonds is 7. The second-order valence-electron chi connectivity index (χ2n) is 5.79. The zero-order chi connectivity index (χ0) is 14.3. The molecule has 3 nitrogen and oxygen atoms in total. The van der Waals surface area contributed by atoms with Crippen molar-refractivity contribution in [1.82, 2.24) is 5.32 Å². The summed E-state index contributed by atoms with van der Waals surface area (Å²) in [5, 5.41) is 3.46. The third-order valence-electron chi connectivity index (χ3n) is 2.81. The van der Waals surface area contributed by atoms with Crippen LogP contribution in [0.15, 0.2) is 18.2 Å². The first-order chi connectivity index (χ1) is 8.96. The Labute approximate surface area is 117 Å². The molecule has 1 aromatic rings. The van der Waals surface area contributed by atoms with E-state index < -0.39 is 0 Å². The highest BCUT2D eigenvalue weighted by Crippen LogP contribution is 2.28. The maximum Gasteiger partial charge on any atom is 0.161 e. The number of methoxy groups -OCH3 is 1. The van der Waals surface area contributed by atoms with E-state index in [1.165, 1.54) is 5.56 Å². The summed E-state index contributed by atoms with van der Waals surface area (Å²) < 4.78 is 11.1. The van der Waals surface area contributed by atoms with Crippen molar-refractivity contribution in [3.8, 4) is 11.5 Å². The molecule has 0 saturated heterocycles. The second-order valence-corrected chi connectivity index (χ2v) is 5.79. The average Bonchev–Trinajstić information content (AvgIpc) is 2.36. The highest BCUT2D eigenvalue weighted by Gasteiger charge is 2.10. The van der Waals surface area contributed by atoms with Crippen LogP contribution in [0.4, 0.5) is 0 Å². The van der Waals surface area contributed by atoms with E-state index in [-0.39, 0.29) is 5.54 Å². The van der Waals surface area contributed by atoms with Crippen molar-refractivity contribution in [2.45, 2.75) is 52.6 Å². The fraction of sp³-hybridized carbons (Fsp3) is 0.625. The molecule has 3 heteroatoms. The Kier molecular flexibility index (Phi) is 6.16. The topological polar surface area (TPSA) is 30.5 Å². The van der Waals surface area contributed by atoms with Crippen molar-refractivity contribution in [3.05, 3.63) is 23.8 Å². The Morgan fingerprint density at radius 1 is 1.16 bits per heavy atom. The number of ether oxygens (including phenoxy) is 2. The molecule has 1 rings (SSSR count). The lowest BCUT2D eigenvalue weighted by Crippen LogP contribution is -2.35. The van der Waals surface area contributed by atoms with Crippen molar-refractivity contribution in [3.63, 3.8) is 0 Å². The molecule has 0 amide bonds. The van der Waals surface area contributed by atoms with Crippen LogP contribution in [-0.4, -0.2) is 19.3 Å². The third kappa shape index (κ3) is 5.97. The molecule has 0 aliphatic carbocycles. The summed E-state index contributed by atoms with van der Waals surface area (Å²) in [6.07, 6.45) is 2.20. The van der Waals surface area contributed by atoms with Gasteiger partial charge in [-0.3, -0.25) is 0 Å². The molecule has 0 atom stereocenters. The summed E-state index contributed by atoms with van der Waals surface area (Å²) in [5.74, 6) is 1.64. The van der Waals surface area contributed by atoms with E-state index in [1.54, 1.807) is 7.11 Å². The summed E-state index contributed by atoms with van der Waals surface area (Å²) in [6.45, 7) is 10.2. The van der Waals surface area contributed by atoms with Gasteiger partial charge >= 0.3 is 0 Å². The summed E-state index contributed by atoms with van der Waals surface area (Å²) in [6, 6.07) is 6.12. The Bertz CT molecular complexity index is 383. The van der Waals surface area contributed by atoms with Gasteiger partial charge in [0.25, 0.3) is 0 Å². The minimum Gasteiger partial charge on any atom is -0.493 e. The predicted molar refractivity (Wildman–Crippen MR) is 80.0 cm³/mol. The lowest BCUT2D eigenvalue weighted by molar-refractivity contribution is 0.288. The third-order valence-corrected chi connectivity index (χ3v) is 2.81. The van der Waals surface area contributed by atoms with Crippen LogP contribution in [0.1, 0.15) is 46.1 Å². The van der Waals surface area contributed by atoms with Gasteiger partial charge < -0.3 is 14.8 Å². The molecule has 0 aliphatic rings. The molecular weight excluding hydrogens is 238 g/mol. The first-order valence-corrected chi connectivity index (χ1v) is 7.01. The highest BCUT2D eigenvalue weighted by atomic mass is 16.5. The molecule has 0 saturated carbocycles. The van der Waals surface area contributed by atoms with Gasteiger partial charge in [-0.1, -0.05) is 19.4 Å². The van der Waals surface area contributed by atoms with E-state index in [1.807, 2.05) is 12.1 Å². The average molecular weight is 265 g/mol. The first-order valence-electron chi connectivity index (χ1n) is 7.01. The molecule has 0 aliphatic heterocycles. The number of nitrogens with one attached hydrogen (secondary N) is 1. The van der Waals surface area contributed by atoms with Crippen molar-refractivity contribution in [2.75, 3.05) is 13.7 Å². The predicted octanol–water partition coefficient (Wildman–Crippen LogP) is 3.76. The number of benzene rings is 1. The van der Waals surface area contributed by atoms with Crippen molar-refractivity contribution in [1.29, 1.82) is 0 Å². The second kappa shape index (κ2) is 7.39. The quantitative estimate of drug-likeness (QED) is 0.761. The molecule has 19 heavy (non-hydrogen) atoms. The molecule has 0 spiro atoms. The lowest BCUT2D eigenvalue weighted by Gasteiger charge is -2.21. The van der Waals surface area contributed by atoms with Crippen molar-refractivity contribution >= 4 is 0 Å². The SMILES string of the molecule is CCCCOc1ccc(CNC(C)(C)C)cc1OC. The standard InChI is InChI=1S/C16H27NO2/c1-6-7-10-19-14-9-8-13(11-15(14)18-5)12-17-16(2,3)4/h8-9,11,17H,6-7,10,12H2,1-5H3. The summed E-state index contributed by atoms with van der Waals surface area (Å²) >= 11 is 0. The Morgan fingerprint density at radius 2 is 1.89 bits per heavy atom. The molecule has 0 heterocycles. The van der Waals surface area contributed by atoms with Crippen molar-refractivity contribution in [2.24, 2.45) is 0 Å². The molecule has 0 aromatic heterocycles. The summed E-state index contributed by atoms with van der Waals surface area (Å²) in [4.78, 5) is 0. The molecule has 108 valence electrons. The maximum atomic E-state index is 5.72. The van der Waals surface area contributed by atoms with Crippen LogP contribution in [0.2, 0.25) is 0 Å². The van der Waals surface area contributed by atoms with Crippen LogP contribution >= 0.6 is 0 Å². The lowest BCUT2D eigenvalue weighted by atomic mass is 10.1. The number of unbranched alkanes of at least 4 members (excludes halogenated alkanes) is 1. The minimum absolute atomic E-state index is 0.115. The van der Waals surface area contributed by atoms with Crippen LogP contribution < -0.4 is 14.8 Å².